The average Bonchev–Trinajstić information content (AvgIpc) is 3.12. The largest absolute Gasteiger partial charge is 0.481 e. The van der Waals surface area contributed by atoms with Crippen LogP contribution in [-0.4, -0.2) is 53.7 Å². The van der Waals surface area contributed by atoms with Crippen molar-refractivity contribution < 1.29 is 14.3 Å². The fraction of sp³-hybridized carbons (Fsp3) is 0.474. The van der Waals surface area contributed by atoms with Crippen molar-refractivity contribution in [2.75, 3.05) is 31.6 Å². The highest BCUT2D eigenvalue weighted by molar-refractivity contribution is 7.14. The molecule has 2 aromatic rings. The Balaban J connectivity index is 1.57. The van der Waals surface area contributed by atoms with Crippen LogP contribution in [0.5, 0.6) is 0 Å². The van der Waals surface area contributed by atoms with Gasteiger partial charge in [0, 0.05) is 30.1 Å². The van der Waals surface area contributed by atoms with Crippen LogP contribution in [0.2, 0.25) is 0 Å². The Kier molecular flexibility index (Phi) is 4.44. The number of carboxylic acid groups (broad SMARTS) is 1. The van der Waals surface area contributed by atoms with Crippen molar-refractivity contribution >= 4 is 22.4 Å². The van der Waals surface area contributed by atoms with Gasteiger partial charge < -0.3 is 14.9 Å². The molecule has 138 valence electrons. The van der Waals surface area contributed by atoms with Crippen LogP contribution in [0.25, 0.3) is 11.3 Å². The highest BCUT2D eigenvalue weighted by Crippen LogP contribution is 2.43. The van der Waals surface area contributed by atoms with Crippen molar-refractivity contribution in [2.24, 2.45) is 5.41 Å². The number of fused-ring (bicyclic) bond motifs is 1. The number of carbonyl (C=O) groups is 1. The van der Waals surface area contributed by atoms with Crippen LogP contribution in [0.15, 0.2) is 29.6 Å². The Labute approximate surface area is 156 Å². The molecule has 1 aromatic heterocycles. The van der Waals surface area contributed by atoms with Gasteiger partial charge in [0.2, 0.25) is 0 Å². The van der Waals surface area contributed by atoms with Gasteiger partial charge in [0.05, 0.1) is 11.1 Å². The van der Waals surface area contributed by atoms with E-state index in [-0.39, 0.29) is 11.9 Å². The topological polar surface area (TPSA) is 56.7 Å². The third-order valence-electron chi connectivity index (χ3n) is 5.85. The maximum absolute atomic E-state index is 13.1. The van der Waals surface area contributed by atoms with Gasteiger partial charge in [-0.05, 0) is 57.1 Å². The van der Waals surface area contributed by atoms with Gasteiger partial charge >= 0.3 is 5.97 Å². The summed E-state index contributed by atoms with van der Waals surface area (Å²) in [5.74, 6) is -0.926. The third-order valence-corrected chi connectivity index (χ3v) is 6.75. The van der Waals surface area contributed by atoms with Gasteiger partial charge in [-0.25, -0.2) is 9.37 Å². The molecule has 2 aliphatic rings. The first-order valence-electron chi connectivity index (χ1n) is 8.90. The highest BCUT2D eigenvalue weighted by Gasteiger charge is 2.52. The number of likely N-dealkylation sites (N-methyl/N-ethyl adjacent to an activating group) is 1. The number of rotatable bonds is 3. The van der Waals surface area contributed by atoms with Crippen LogP contribution in [0.1, 0.15) is 19.3 Å². The van der Waals surface area contributed by atoms with Crippen molar-refractivity contribution in [3.63, 3.8) is 0 Å². The number of carboxylic acids is 1. The number of hydrogen-bond donors (Lipinski definition) is 1. The lowest BCUT2D eigenvalue weighted by Crippen LogP contribution is -2.63. The van der Waals surface area contributed by atoms with Crippen molar-refractivity contribution in [1.82, 2.24) is 9.88 Å². The van der Waals surface area contributed by atoms with Crippen LogP contribution in [-0.2, 0) is 4.79 Å². The van der Waals surface area contributed by atoms with E-state index in [1.54, 1.807) is 23.5 Å². The van der Waals surface area contributed by atoms with Crippen LogP contribution < -0.4 is 4.90 Å². The monoisotopic (exact) mass is 375 g/mol. The Morgan fingerprint density at radius 3 is 2.81 bits per heavy atom. The molecule has 0 amide bonds. The molecule has 1 aromatic carbocycles. The number of halogens is 1. The van der Waals surface area contributed by atoms with E-state index in [9.17, 15) is 14.3 Å². The van der Waals surface area contributed by atoms with Crippen LogP contribution in [0.3, 0.4) is 0 Å². The molecule has 7 heteroatoms. The van der Waals surface area contributed by atoms with Gasteiger partial charge in [-0.3, -0.25) is 4.79 Å². The number of hydrogen-bond acceptors (Lipinski definition) is 5. The molecule has 1 N–H and O–H groups in total. The fourth-order valence-corrected chi connectivity index (χ4v) is 5.19. The number of aromatic nitrogens is 1. The summed E-state index contributed by atoms with van der Waals surface area (Å²) in [6.45, 7) is 2.32. The lowest BCUT2D eigenvalue weighted by molar-refractivity contribution is -0.158. The summed E-state index contributed by atoms with van der Waals surface area (Å²) in [5, 5.41) is 12.8. The first-order valence-corrected chi connectivity index (χ1v) is 9.78. The summed E-state index contributed by atoms with van der Waals surface area (Å²) in [6, 6.07) is 6.34. The Morgan fingerprint density at radius 2 is 2.08 bits per heavy atom. The standard InChI is InChI=1S/C19H22FN3O2S/c1-22-9-2-7-19(17(24)25)8-10-23(11-16(19)22)18-21-15(12-26-18)13-3-5-14(20)6-4-13/h3-6,12,16H,2,7-11H2,1H3,(H,24,25)/t16-,19+/m1/s1. The van der Waals surface area contributed by atoms with Gasteiger partial charge in [-0.1, -0.05) is 0 Å². The van der Waals surface area contributed by atoms with Crippen molar-refractivity contribution in [1.29, 1.82) is 0 Å². The summed E-state index contributed by atoms with van der Waals surface area (Å²) in [7, 11) is 2.02. The SMILES string of the molecule is CN1CCC[C@]2(C(=O)O)CCN(c3nc(-c4ccc(F)cc4)cs3)C[C@@H]12. The molecule has 4 rings (SSSR count). The van der Waals surface area contributed by atoms with E-state index in [1.807, 2.05) is 12.4 Å². The molecule has 2 fully saturated rings. The average molecular weight is 375 g/mol. The highest BCUT2D eigenvalue weighted by atomic mass is 32.1. The maximum Gasteiger partial charge on any atom is 0.311 e. The molecular weight excluding hydrogens is 353 g/mol. The minimum absolute atomic E-state index is 0.000621. The predicted molar refractivity (Wildman–Crippen MR) is 100 cm³/mol. The zero-order valence-electron chi connectivity index (χ0n) is 14.7. The summed E-state index contributed by atoms with van der Waals surface area (Å²) in [4.78, 5) is 21.1. The molecule has 3 heterocycles. The molecule has 26 heavy (non-hydrogen) atoms. The number of anilines is 1. The van der Waals surface area contributed by atoms with E-state index in [4.69, 9.17) is 4.98 Å². The number of nitrogens with zero attached hydrogens (tertiary/aromatic N) is 3. The summed E-state index contributed by atoms with van der Waals surface area (Å²) < 4.78 is 13.1. The van der Waals surface area contributed by atoms with Crippen LogP contribution in [0, 0.1) is 11.2 Å². The normalized spacial score (nSPS) is 26.5. The Hall–Kier alpha value is -1.99. The molecule has 0 unspecified atom stereocenters. The van der Waals surface area contributed by atoms with Gasteiger partial charge in [0.1, 0.15) is 5.82 Å². The molecule has 2 saturated heterocycles. The summed E-state index contributed by atoms with van der Waals surface area (Å²) in [6.07, 6.45) is 2.33. The first kappa shape index (κ1) is 17.4. The summed E-state index contributed by atoms with van der Waals surface area (Å²) in [5.41, 5.74) is 1.08. The van der Waals surface area contributed by atoms with E-state index in [1.165, 1.54) is 12.1 Å². The molecule has 0 bridgehead atoms. The van der Waals surface area contributed by atoms with Crippen molar-refractivity contribution in [3.8, 4) is 11.3 Å². The lowest BCUT2D eigenvalue weighted by Gasteiger charge is -2.51. The number of thiazole rings is 1. The number of piperidine rings is 2. The molecule has 0 radical (unpaired) electrons. The second-order valence-electron chi connectivity index (χ2n) is 7.28. The Bertz CT molecular complexity index is 809. The van der Waals surface area contributed by atoms with E-state index < -0.39 is 11.4 Å². The Morgan fingerprint density at radius 1 is 1.31 bits per heavy atom. The van der Waals surface area contributed by atoms with Gasteiger partial charge in [0.25, 0.3) is 0 Å². The van der Waals surface area contributed by atoms with Crippen molar-refractivity contribution in [2.45, 2.75) is 25.3 Å². The molecule has 0 spiro atoms. The minimum Gasteiger partial charge on any atom is -0.481 e. The molecule has 0 aliphatic carbocycles. The van der Waals surface area contributed by atoms with Crippen molar-refractivity contribution in [3.05, 3.63) is 35.5 Å². The minimum atomic E-state index is -0.667. The van der Waals surface area contributed by atoms with E-state index in [0.29, 0.717) is 19.5 Å². The predicted octanol–water partition coefficient (Wildman–Crippen LogP) is 3.32. The van der Waals surface area contributed by atoms with E-state index in [2.05, 4.69) is 9.80 Å². The quantitative estimate of drug-likeness (QED) is 0.892. The first-order chi connectivity index (χ1) is 12.5. The third kappa shape index (κ3) is 2.89. The van der Waals surface area contributed by atoms with Crippen LogP contribution in [0.4, 0.5) is 9.52 Å². The van der Waals surface area contributed by atoms with Gasteiger partial charge in [0.15, 0.2) is 5.13 Å². The molecule has 2 atom stereocenters. The number of benzene rings is 1. The second-order valence-corrected chi connectivity index (χ2v) is 8.12. The number of aliphatic carboxylic acids is 1. The second kappa shape index (κ2) is 6.63. The summed E-state index contributed by atoms with van der Waals surface area (Å²) >= 11 is 1.56. The molecule has 0 saturated carbocycles. The van der Waals surface area contributed by atoms with Gasteiger partial charge in [-0.2, -0.15) is 0 Å². The fourth-order valence-electron chi connectivity index (χ4n) is 4.32. The van der Waals surface area contributed by atoms with Crippen LogP contribution >= 0.6 is 11.3 Å². The smallest absolute Gasteiger partial charge is 0.311 e. The van der Waals surface area contributed by atoms with Gasteiger partial charge in [-0.15, -0.1) is 11.3 Å². The van der Waals surface area contributed by atoms with E-state index in [0.717, 1.165) is 35.8 Å². The lowest BCUT2D eigenvalue weighted by atomic mass is 9.68. The maximum atomic E-state index is 13.1. The zero-order chi connectivity index (χ0) is 18.3. The molecular formula is C19H22FN3O2S. The molecule has 2 aliphatic heterocycles. The molecule has 5 nitrogen and oxygen atoms in total. The number of likely N-dealkylation sites (tertiary alicyclic amines) is 1. The zero-order valence-corrected chi connectivity index (χ0v) is 15.5. The van der Waals surface area contributed by atoms with E-state index >= 15 is 0 Å².